The number of hydrogen-bond donors (Lipinski definition) is 0. The van der Waals surface area contributed by atoms with E-state index in [1.807, 2.05) is 6.92 Å². The summed E-state index contributed by atoms with van der Waals surface area (Å²) in [6.45, 7) is 6.69. The van der Waals surface area contributed by atoms with E-state index in [9.17, 15) is 8.78 Å². The quantitative estimate of drug-likeness (QED) is 0.655. The third-order valence-corrected chi connectivity index (χ3v) is 4.32. The predicted molar refractivity (Wildman–Crippen MR) is 91.9 cm³/mol. The molecule has 140 valence electrons. The number of halogens is 2. The van der Waals surface area contributed by atoms with E-state index in [1.54, 1.807) is 24.5 Å². The van der Waals surface area contributed by atoms with Crippen LogP contribution in [0.15, 0.2) is 30.6 Å². The summed E-state index contributed by atoms with van der Waals surface area (Å²) in [4.78, 5) is 8.39. The first-order valence-electron chi connectivity index (χ1n) is 8.68. The number of hydrogen-bond acceptors (Lipinski definition) is 5. The predicted octanol–water partition coefficient (Wildman–Crippen LogP) is 4.88. The molecule has 0 radical (unpaired) electrons. The van der Waals surface area contributed by atoms with Gasteiger partial charge in [-0.1, -0.05) is 26.8 Å². The van der Waals surface area contributed by atoms with Gasteiger partial charge in [0, 0.05) is 12.4 Å². The van der Waals surface area contributed by atoms with E-state index in [4.69, 9.17) is 4.74 Å². The number of ether oxygens (including phenoxy) is 3. The van der Waals surface area contributed by atoms with Crippen LogP contribution in [0.2, 0.25) is 0 Å². The fraction of sp³-hybridized carbons (Fsp3) is 0.474. The summed E-state index contributed by atoms with van der Waals surface area (Å²) in [6.07, 6.45) is 1.60. The molecule has 0 amide bonds. The minimum absolute atomic E-state index is 0.0660. The van der Waals surface area contributed by atoms with Crippen LogP contribution in [0.5, 0.6) is 17.5 Å². The third-order valence-electron chi connectivity index (χ3n) is 4.32. The van der Waals surface area contributed by atoms with Gasteiger partial charge in [0.2, 0.25) is 0 Å². The number of rotatable bonds is 7. The molecule has 3 rings (SSSR count). The zero-order chi connectivity index (χ0) is 18.7. The van der Waals surface area contributed by atoms with Crippen LogP contribution in [0.25, 0.3) is 0 Å². The maximum Gasteiger partial charge on any atom is 0.586 e. The van der Waals surface area contributed by atoms with Gasteiger partial charge >= 0.3 is 12.3 Å². The van der Waals surface area contributed by atoms with Crippen LogP contribution in [0, 0.1) is 0 Å². The van der Waals surface area contributed by atoms with Crippen molar-refractivity contribution in [2.45, 2.75) is 51.7 Å². The molecule has 1 aromatic carbocycles. The molecule has 0 spiro atoms. The van der Waals surface area contributed by atoms with Gasteiger partial charge in [-0.25, -0.2) is 9.97 Å². The number of fused-ring (bicyclic) bond motifs is 1. The fourth-order valence-electron chi connectivity index (χ4n) is 2.69. The lowest BCUT2D eigenvalue weighted by Gasteiger charge is -2.12. The maximum absolute atomic E-state index is 13.1. The molecule has 7 heteroatoms. The van der Waals surface area contributed by atoms with Crippen LogP contribution in [-0.4, -0.2) is 22.9 Å². The SMILES string of the molecule is CC(C)c1cnc(OCCCC(C)c2ccc3c(c2)OC(F)(F)O3)nc1. The minimum Gasteiger partial charge on any atom is -0.463 e. The van der Waals surface area contributed by atoms with Crippen molar-refractivity contribution in [1.82, 2.24) is 9.97 Å². The topological polar surface area (TPSA) is 53.5 Å². The summed E-state index contributed by atoms with van der Waals surface area (Å²) < 4.78 is 40.6. The molecule has 1 aromatic heterocycles. The van der Waals surface area contributed by atoms with E-state index < -0.39 is 6.29 Å². The molecule has 1 aliphatic rings. The van der Waals surface area contributed by atoms with E-state index in [-0.39, 0.29) is 17.4 Å². The summed E-state index contributed by atoms with van der Waals surface area (Å²) in [5.74, 6) is 0.697. The van der Waals surface area contributed by atoms with E-state index in [0.717, 1.165) is 24.0 Å². The van der Waals surface area contributed by atoms with Gasteiger partial charge in [-0.05, 0) is 47.9 Å². The normalized spacial score (nSPS) is 15.9. The van der Waals surface area contributed by atoms with Gasteiger partial charge in [0.15, 0.2) is 11.5 Å². The lowest BCUT2D eigenvalue weighted by atomic mass is 9.96. The zero-order valence-electron chi connectivity index (χ0n) is 15.0. The van der Waals surface area contributed by atoms with E-state index in [0.29, 0.717) is 18.5 Å². The van der Waals surface area contributed by atoms with Crippen molar-refractivity contribution in [1.29, 1.82) is 0 Å². The second kappa shape index (κ2) is 7.43. The molecule has 0 bridgehead atoms. The standard InChI is InChI=1S/C19H22F2N2O3/c1-12(2)15-10-22-18(23-11-15)24-8-4-5-13(3)14-6-7-16-17(9-14)26-19(20,21)25-16/h6-7,9-13H,4-5,8H2,1-3H3. The van der Waals surface area contributed by atoms with Crippen molar-refractivity contribution in [2.24, 2.45) is 0 Å². The fourth-order valence-corrected chi connectivity index (χ4v) is 2.69. The third kappa shape index (κ3) is 4.39. The smallest absolute Gasteiger partial charge is 0.463 e. The molecule has 0 fully saturated rings. The molecule has 0 N–H and O–H groups in total. The van der Waals surface area contributed by atoms with Crippen molar-refractivity contribution < 1.29 is 23.0 Å². The molecule has 5 nitrogen and oxygen atoms in total. The minimum atomic E-state index is -3.58. The highest BCUT2D eigenvalue weighted by Gasteiger charge is 2.43. The highest BCUT2D eigenvalue weighted by molar-refractivity contribution is 5.46. The molecule has 1 atom stereocenters. The lowest BCUT2D eigenvalue weighted by Crippen LogP contribution is -2.25. The average Bonchev–Trinajstić information content (AvgIpc) is 2.91. The van der Waals surface area contributed by atoms with Crippen LogP contribution in [-0.2, 0) is 0 Å². The first-order valence-corrected chi connectivity index (χ1v) is 8.68. The van der Waals surface area contributed by atoms with Gasteiger partial charge in [0.05, 0.1) is 6.61 Å². The first-order chi connectivity index (χ1) is 12.3. The Morgan fingerprint density at radius 3 is 2.42 bits per heavy atom. The Morgan fingerprint density at radius 2 is 1.73 bits per heavy atom. The number of aromatic nitrogens is 2. The Balaban J connectivity index is 1.47. The Morgan fingerprint density at radius 1 is 1.04 bits per heavy atom. The number of alkyl halides is 2. The summed E-state index contributed by atoms with van der Waals surface area (Å²) in [6, 6.07) is 5.27. The number of nitrogens with zero attached hydrogens (tertiary/aromatic N) is 2. The van der Waals surface area contributed by atoms with Gasteiger partial charge in [-0.15, -0.1) is 8.78 Å². The molecule has 0 saturated heterocycles. The zero-order valence-corrected chi connectivity index (χ0v) is 15.0. The van der Waals surface area contributed by atoms with Gasteiger partial charge in [-0.2, -0.15) is 0 Å². The van der Waals surface area contributed by atoms with Gasteiger partial charge < -0.3 is 14.2 Å². The monoisotopic (exact) mass is 364 g/mol. The lowest BCUT2D eigenvalue weighted by molar-refractivity contribution is -0.286. The Bertz CT molecular complexity index is 751. The van der Waals surface area contributed by atoms with Crippen molar-refractivity contribution in [3.63, 3.8) is 0 Å². The van der Waals surface area contributed by atoms with Crippen LogP contribution in [0.1, 0.15) is 56.6 Å². The van der Waals surface area contributed by atoms with Gasteiger partial charge in [0.1, 0.15) is 0 Å². The Kier molecular flexibility index (Phi) is 5.25. The molecule has 1 unspecified atom stereocenters. The Hall–Kier alpha value is -2.44. The molecule has 2 heterocycles. The van der Waals surface area contributed by atoms with Crippen LogP contribution in [0.3, 0.4) is 0 Å². The van der Waals surface area contributed by atoms with Gasteiger partial charge in [0.25, 0.3) is 0 Å². The Labute approximate surface area is 151 Å². The molecule has 2 aromatic rings. The van der Waals surface area contributed by atoms with Crippen molar-refractivity contribution in [3.8, 4) is 17.5 Å². The van der Waals surface area contributed by atoms with Crippen LogP contribution in [0.4, 0.5) is 8.78 Å². The summed E-state index contributed by atoms with van der Waals surface area (Å²) in [5, 5.41) is 0. The number of benzene rings is 1. The highest BCUT2D eigenvalue weighted by atomic mass is 19.3. The largest absolute Gasteiger partial charge is 0.586 e. The van der Waals surface area contributed by atoms with Crippen molar-refractivity contribution in [3.05, 3.63) is 41.7 Å². The first kappa shape index (κ1) is 18.4. The molecule has 1 aliphatic heterocycles. The average molecular weight is 364 g/mol. The molecule has 0 aliphatic carbocycles. The maximum atomic E-state index is 13.1. The second-order valence-electron chi connectivity index (χ2n) is 6.72. The molecule has 26 heavy (non-hydrogen) atoms. The molecular weight excluding hydrogens is 342 g/mol. The van der Waals surface area contributed by atoms with Crippen LogP contribution >= 0.6 is 0 Å². The van der Waals surface area contributed by atoms with E-state index in [2.05, 4.69) is 33.3 Å². The van der Waals surface area contributed by atoms with E-state index >= 15 is 0 Å². The van der Waals surface area contributed by atoms with Crippen LogP contribution < -0.4 is 14.2 Å². The summed E-state index contributed by atoms with van der Waals surface area (Å²) in [5.41, 5.74) is 1.99. The second-order valence-corrected chi connectivity index (χ2v) is 6.72. The highest BCUT2D eigenvalue weighted by Crippen LogP contribution is 2.42. The summed E-state index contributed by atoms with van der Waals surface area (Å²) >= 11 is 0. The molecular formula is C19H22F2N2O3. The van der Waals surface area contributed by atoms with Crippen molar-refractivity contribution in [2.75, 3.05) is 6.61 Å². The summed E-state index contributed by atoms with van der Waals surface area (Å²) in [7, 11) is 0. The molecule has 0 saturated carbocycles. The van der Waals surface area contributed by atoms with Crippen molar-refractivity contribution >= 4 is 0 Å². The van der Waals surface area contributed by atoms with Gasteiger partial charge in [-0.3, -0.25) is 0 Å². The van der Waals surface area contributed by atoms with E-state index in [1.165, 1.54) is 6.07 Å².